The molecule has 39 heavy (non-hydrogen) atoms. The minimum Gasteiger partial charge on any atom is -0.492 e. The number of amides is 4. The molecule has 1 saturated heterocycles. The number of barbiturate groups is 1. The number of benzene rings is 3. The van der Waals surface area contributed by atoms with E-state index >= 15 is 0 Å². The third kappa shape index (κ3) is 5.31. The summed E-state index contributed by atoms with van der Waals surface area (Å²) in [6.45, 7) is 7.43. The number of rotatable bonds is 6. The molecule has 0 aliphatic carbocycles. The topological polar surface area (TPSA) is 80.6 Å². The number of carbonyl (C=O) groups excluding carboxylic acids is 3. The number of fused-ring (bicyclic) bond motifs is 1. The minimum atomic E-state index is -0.885. The molecule has 7 nitrogen and oxygen atoms in total. The van der Waals surface area contributed by atoms with Gasteiger partial charge >= 0.3 is 6.03 Å². The van der Waals surface area contributed by atoms with Crippen LogP contribution < -0.4 is 15.0 Å². The fraction of sp³-hybridized carbons (Fsp3) is 0.194. The third-order valence-electron chi connectivity index (χ3n) is 6.63. The summed E-state index contributed by atoms with van der Waals surface area (Å²) in [5, 5.41) is 3.04. The van der Waals surface area contributed by atoms with E-state index in [1.54, 1.807) is 0 Å². The van der Waals surface area contributed by atoms with Crippen molar-refractivity contribution in [2.24, 2.45) is 0 Å². The monoisotopic (exact) mass is 525 g/mol. The summed E-state index contributed by atoms with van der Waals surface area (Å²) >= 11 is 0. The number of urea groups is 1. The number of carbonyl (C=O) groups is 3. The standard InChI is InChI=1S/C31H28FN3O4/c1-31(2,3)21-8-14-24(15-9-21)39-17-16-34-19-20(25-6-4-5-7-27(25)34)18-26-28(36)33-30(38)35(29(26)37)23-12-10-22(32)11-13-23/h4-15,18-19H,16-17H2,1-3H3,(H,33,36,38)/b26-18-. The summed E-state index contributed by atoms with van der Waals surface area (Å²) in [4.78, 5) is 39.2. The maximum Gasteiger partial charge on any atom is 0.335 e. The first-order valence-electron chi connectivity index (χ1n) is 12.6. The van der Waals surface area contributed by atoms with Crippen LogP contribution in [0.15, 0.2) is 84.6 Å². The SMILES string of the molecule is CC(C)(C)c1ccc(OCCn2cc(/C=C3/C(=O)NC(=O)N(c4ccc(F)cc4)C3=O)c3ccccc32)cc1. The minimum absolute atomic E-state index is 0.0629. The second-order valence-electron chi connectivity index (χ2n) is 10.4. The Balaban J connectivity index is 1.39. The van der Waals surface area contributed by atoms with Crippen LogP contribution >= 0.6 is 0 Å². The zero-order valence-electron chi connectivity index (χ0n) is 21.9. The second-order valence-corrected chi connectivity index (χ2v) is 10.4. The Morgan fingerprint density at radius 2 is 1.62 bits per heavy atom. The average Bonchev–Trinajstić information content (AvgIpc) is 3.25. The fourth-order valence-corrected chi connectivity index (χ4v) is 4.53. The van der Waals surface area contributed by atoms with Crippen LogP contribution in [0.3, 0.4) is 0 Å². The molecule has 8 heteroatoms. The molecule has 0 radical (unpaired) electrons. The summed E-state index contributed by atoms with van der Waals surface area (Å²) < 4.78 is 21.4. The number of aromatic nitrogens is 1. The van der Waals surface area contributed by atoms with E-state index in [0.717, 1.165) is 33.7 Å². The number of halogens is 1. The van der Waals surface area contributed by atoms with E-state index in [4.69, 9.17) is 4.74 Å². The van der Waals surface area contributed by atoms with Gasteiger partial charge < -0.3 is 9.30 Å². The third-order valence-corrected chi connectivity index (χ3v) is 6.63. The van der Waals surface area contributed by atoms with Crippen molar-refractivity contribution in [2.45, 2.75) is 32.7 Å². The molecule has 0 atom stereocenters. The van der Waals surface area contributed by atoms with Crippen molar-refractivity contribution in [3.05, 3.63) is 102 Å². The first kappa shape index (κ1) is 25.9. The van der Waals surface area contributed by atoms with Crippen LogP contribution in [-0.2, 0) is 21.5 Å². The van der Waals surface area contributed by atoms with Gasteiger partial charge in [0, 0.05) is 22.7 Å². The second kappa shape index (κ2) is 10.2. The van der Waals surface area contributed by atoms with E-state index in [1.807, 2.05) is 47.2 Å². The number of ether oxygens (including phenoxy) is 1. The maximum atomic E-state index is 13.4. The van der Waals surface area contributed by atoms with E-state index in [2.05, 4.69) is 38.2 Å². The highest BCUT2D eigenvalue weighted by molar-refractivity contribution is 6.39. The Morgan fingerprint density at radius 3 is 2.31 bits per heavy atom. The van der Waals surface area contributed by atoms with Crippen molar-refractivity contribution >= 4 is 40.5 Å². The van der Waals surface area contributed by atoms with Gasteiger partial charge in [-0.05, 0) is 59.5 Å². The Kier molecular flexibility index (Phi) is 6.78. The summed E-state index contributed by atoms with van der Waals surface area (Å²) in [5.41, 5.74) is 2.81. The molecule has 198 valence electrons. The lowest BCUT2D eigenvalue weighted by Crippen LogP contribution is -2.54. The van der Waals surface area contributed by atoms with E-state index in [9.17, 15) is 18.8 Å². The highest BCUT2D eigenvalue weighted by Gasteiger charge is 2.37. The van der Waals surface area contributed by atoms with Gasteiger partial charge in [0.05, 0.1) is 12.2 Å². The van der Waals surface area contributed by atoms with E-state index in [0.29, 0.717) is 18.7 Å². The first-order valence-corrected chi connectivity index (χ1v) is 12.6. The van der Waals surface area contributed by atoms with Crippen LogP contribution in [-0.4, -0.2) is 29.0 Å². The largest absolute Gasteiger partial charge is 0.492 e. The van der Waals surface area contributed by atoms with Crippen molar-refractivity contribution in [2.75, 3.05) is 11.5 Å². The molecule has 1 aliphatic heterocycles. The lowest BCUT2D eigenvalue weighted by atomic mass is 9.87. The number of hydrogen-bond acceptors (Lipinski definition) is 4. The Hall–Kier alpha value is -4.72. The zero-order valence-corrected chi connectivity index (χ0v) is 21.9. The summed E-state index contributed by atoms with van der Waals surface area (Å²) in [7, 11) is 0. The van der Waals surface area contributed by atoms with Crippen LogP contribution in [0.5, 0.6) is 5.75 Å². The first-order chi connectivity index (χ1) is 18.6. The number of para-hydroxylation sites is 1. The fourth-order valence-electron chi connectivity index (χ4n) is 4.53. The molecule has 2 heterocycles. The number of imide groups is 2. The lowest BCUT2D eigenvalue weighted by molar-refractivity contribution is -0.122. The molecule has 0 saturated carbocycles. The van der Waals surface area contributed by atoms with Crippen molar-refractivity contribution in [1.29, 1.82) is 0 Å². The van der Waals surface area contributed by atoms with Crippen LogP contribution in [0.25, 0.3) is 17.0 Å². The highest BCUT2D eigenvalue weighted by Crippen LogP contribution is 2.27. The summed E-state index contributed by atoms with van der Waals surface area (Å²) in [5.74, 6) is -1.30. The predicted octanol–water partition coefficient (Wildman–Crippen LogP) is 5.82. The molecule has 1 N–H and O–H groups in total. The maximum absolute atomic E-state index is 13.4. The van der Waals surface area contributed by atoms with E-state index in [-0.39, 0.29) is 16.7 Å². The number of anilines is 1. The van der Waals surface area contributed by atoms with Gasteiger partial charge in [0.1, 0.15) is 23.7 Å². The van der Waals surface area contributed by atoms with Gasteiger partial charge in [-0.1, -0.05) is 51.1 Å². The molecule has 5 rings (SSSR count). The van der Waals surface area contributed by atoms with E-state index in [1.165, 1.54) is 23.8 Å². The van der Waals surface area contributed by atoms with Gasteiger partial charge in [-0.15, -0.1) is 0 Å². The number of nitrogens with zero attached hydrogens (tertiary/aromatic N) is 2. The Bertz CT molecular complexity index is 1600. The smallest absolute Gasteiger partial charge is 0.335 e. The molecule has 1 aliphatic rings. The van der Waals surface area contributed by atoms with Crippen molar-refractivity contribution in [3.63, 3.8) is 0 Å². The van der Waals surface area contributed by atoms with Crippen LogP contribution in [0.2, 0.25) is 0 Å². The number of nitrogens with one attached hydrogen (secondary N) is 1. The van der Waals surface area contributed by atoms with Crippen LogP contribution in [0.4, 0.5) is 14.9 Å². The molecule has 4 aromatic rings. The average molecular weight is 526 g/mol. The highest BCUT2D eigenvalue weighted by atomic mass is 19.1. The lowest BCUT2D eigenvalue weighted by Gasteiger charge is -2.26. The van der Waals surface area contributed by atoms with Gasteiger partial charge in [-0.25, -0.2) is 14.1 Å². The van der Waals surface area contributed by atoms with Crippen molar-refractivity contribution in [1.82, 2.24) is 9.88 Å². The van der Waals surface area contributed by atoms with Gasteiger partial charge in [-0.3, -0.25) is 14.9 Å². The van der Waals surface area contributed by atoms with Crippen molar-refractivity contribution in [3.8, 4) is 5.75 Å². The molecule has 0 spiro atoms. The molecule has 1 aromatic heterocycles. The molecule has 1 fully saturated rings. The van der Waals surface area contributed by atoms with Crippen LogP contribution in [0.1, 0.15) is 31.9 Å². The Morgan fingerprint density at radius 1 is 0.923 bits per heavy atom. The quantitative estimate of drug-likeness (QED) is 0.254. The normalized spacial score (nSPS) is 15.2. The molecule has 0 unspecified atom stereocenters. The zero-order chi connectivity index (χ0) is 27.7. The van der Waals surface area contributed by atoms with E-state index < -0.39 is 23.7 Å². The van der Waals surface area contributed by atoms with Gasteiger partial charge in [0.15, 0.2) is 0 Å². The van der Waals surface area contributed by atoms with Crippen molar-refractivity contribution < 1.29 is 23.5 Å². The number of hydrogen-bond donors (Lipinski definition) is 1. The summed E-state index contributed by atoms with van der Waals surface area (Å²) in [6.07, 6.45) is 3.33. The Labute approximate surface area is 225 Å². The molecular weight excluding hydrogens is 497 g/mol. The van der Waals surface area contributed by atoms with Gasteiger partial charge in [0.2, 0.25) is 0 Å². The molecule has 4 amide bonds. The predicted molar refractivity (Wildman–Crippen MR) is 148 cm³/mol. The van der Waals surface area contributed by atoms with Crippen LogP contribution in [0, 0.1) is 5.82 Å². The van der Waals surface area contributed by atoms with Gasteiger partial charge in [0.25, 0.3) is 11.8 Å². The molecule has 0 bridgehead atoms. The molecular formula is C31H28FN3O4. The molecule has 3 aromatic carbocycles. The van der Waals surface area contributed by atoms with Gasteiger partial charge in [-0.2, -0.15) is 0 Å². The summed E-state index contributed by atoms with van der Waals surface area (Å²) in [6, 6.07) is 19.7.